The molecule has 2 unspecified atom stereocenters. The summed E-state index contributed by atoms with van der Waals surface area (Å²) < 4.78 is 4.70. The second-order valence-electron chi connectivity index (χ2n) is 9.42. The Kier molecular flexibility index (Phi) is 11.8. The molecule has 0 aromatic carbocycles. The smallest absolute Gasteiger partial charge is 0.414 e. The third kappa shape index (κ3) is 10.6. The second-order valence-corrected chi connectivity index (χ2v) is 10.3. The molecule has 0 bridgehead atoms. The number of anilines is 2. The van der Waals surface area contributed by atoms with Crippen LogP contribution < -0.4 is 26.6 Å². The van der Waals surface area contributed by atoms with E-state index in [4.69, 9.17) is 11.2 Å². The first kappa shape index (κ1) is 32.8. The topological polar surface area (TPSA) is 213 Å². The highest BCUT2D eigenvalue weighted by atomic mass is 32.1. The molecule has 2 aromatic rings. The molecule has 0 saturated heterocycles. The van der Waals surface area contributed by atoms with Crippen molar-refractivity contribution in [2.24, 2.45) is 10.2 Å². The average Bonchev–Trinajstić information content (AvgIpc) is 3.53. The van der Waals surface area contributed by atoms with E-state index in [1.807, 2.05) is 6.92 Å². The number of thiophene rings is 1. The van der Waals surface area contributed by atoms with Gasteiger partial charge in [-0.2, -0.15) is 10.2 Å². The van der Waals surface area contributed by atoms with Crippen LogP contribution in [-0.4, -0.2) is 70.9 Å². The minimum atomic E-state index is -1.18. The molecule has 5 amide bonds. The van der Waals surface area contributed by atoms with Crippen LogP contribution in [0.4, 0.5) is 15.6 Å². The predicted molar refractivity (Wildman–Crippen MR) is 156 cm³/mol. The molecule has 6 N–H and O–H groups in total. The van der Waals surface area contributed by atoms with Gasteiger partial charge in [-0.1, -0.05) is 5.92 Å². The number of nitrogens with zero attached hydrogens (tertiary/aromatic N) is 3. The van der Waals surface area contributed by atoms with Crippen LogP contribution in [0.3, 0.4) is 0 Å². The van der Waals surface area contributed by atoms with Crippen molar-refractivity contribution < 1.29 is 33.8 Å². The zero-order valence-electron chi connectivity index (χ0n) is 23.5. The highest BCUT2D eigenvalue weighted by molar-refractivity contribution is 7.14. The van der Waals surface area contributed by atoms with E-state index in [9.17, 15) is 29.1 Å². The summed E-state index contributed by atoms with van der Waals surface area (Å²) in [5.74, 6) is 0.206. The number of alkyl carbamates (subject to hydrolysis) is 1. The summed E-state index contributed by atoms with van der Waals surface area (Å²) in [4.78, 5) is 65.8. The summed E-state index contributed by atoms with van der Waals surface area (Å²) in [6.07, 6.45) is 5.12. The Hall–Kier alpha value is -4.72. The van der Waals surface area contributed by atoms with Crippen LogP contribution in [-0.2, 0) is 14.3 Å². The molecule has 0 saturated carbocycles. The SMILES string of the molecule is C#CCNC(=O)C(CCC1(C)N=N1)NC(O)CCC(=O)Nc1cc(C(=O)Nc2sccc2C(=O)NC(=O)OCC)ccn1. The molecule has 2 atom stereocenters. The maximum Gasteiger partial charge on any atom is 0.414 e. The number of carbonyl (C=O) groups is 5. The van der Waals surface area contributed by atoms with Gasteiger partial charge in [-0.15, -0.1) is 17.8 Å². The van der Waals surface area contributed by atoms with Crippen LogP contribution in [0.15, 0.2) is 40.0 Å². The molecule has 0 spiro atoms. The molecule has 2 aromatic heterocycles. The Morgan fingerprint density at radius 2 is 1.91 bits per heavy atom. The number of hydrogen-bond acceptors (Lipinski definition) is 12. The van der Waals surface area contributed by atoms with Gasteiger partial charge in [0.2, 0.25) is 11.8 Å². The Balaban J connectivity index is 1.51. The van der Waals surface area contributed by atoms with Crippen molar-refractivity contribution in [1.82, 2.24) is 20.9 Å². The number of rotatable bonds is 15. The van der Waals surface area contributed by atoms with Gasteiger partial charge in [0.05, 0.1) is 24.8 Å². The normalized spacial score (nSPS) is 14.0. The van der Waals surface area contributed by atoms with Crippen molar-refractivity contribution in [2.75, 3.05) is 23.8 Å². The van der Waals surface area contributed by atoms with Crippen molar-refractivity contribution in [3.05, 3.63) is 40.9 Å². The fraction of sp³-hybridized carbons (Fsp3) is 0.407. The maximum atomic E-state index is 12.8. The first-order chi connectivity index (χ1) is 20.5. The maximum absolute atomic E-state index is 12.8. The monoisotopic (exact) mass is 612 g/mol. The molecule has 0 aliphatic carbocycles. The quantitative estimate of drug-likeness (QED) is 0.128. The zero-order valence-corrected chi connectivity index (χ0v) is 24.3. The number of carbonyl (C=O) groups excluding carboxylic acids is 5. The molecule has 0 fully saturated rings. The van der Waals surface area contributed by atoms with Gasteiger partial charge in [-0.3, -0.25) is 29.8 Å². The summed E-state index contributed by atoms with van der Waals surface area (Å²) in [7, 11) is 0. The molecule has 228 valence electrons. The summed E-state index contributed by atoms with van der Waals surface area (Å²) in [6, 6.07) is 3.43. The summed E-state index contributed by atoms with van der Waals surface area (Å²) in [6.45, 7) is 3.54. The van der Waals surface area contributed by atoms with Crippen molar-refractivity contribution in [3.63, 3.8) is 0 Å². The number of aliphatic hydroxyl groups is 1. The summed E-state index contributed by atoms with van der Waals surface area (Å²) in [5, 5.41) is 32.7. The average molecular weight is 613 g/mol. The van der Waals surface area contributed by atoms with Crippen molar-refractivity contribution >= 4 is 51.9 Å². The van der Waals surface area contributed by atoms with E-state index in [1.165, 1.54) is 24.4 Å². The number of ether oxygens (including phenoxy) is 1. The number of hydrogen-bond donors (Lipinski definition) is 6. The standard InChI is InChI=1S/C27H32N8O7S/c1-4-12-29-24(40)18(8-11-27(3)34-35-27)30-20(36)6-7-21(37)31-19-15-16(9-13-28-19)22(38)32-25-17(10-14-43-25)23(39)33-26(41)42-5-2/h1,9-10,13-15,18,20,30,36H,5-8,11-12H2,2-3H3,(H,29,40)(H,32,38)(H,28,31,37)(H,33,39,41). The van der Waals surface area contributed by atoms with E-state index in [0.29, 0.717) is 12.8 Å². The Bertz CT molecular complexity index is 1410. The van der Waals surface area contributed by atoms with Crippen LogP contribution in [0, 0.1) is 12.3 Å². The van der Waals surface area contributed by atoms with Gasteiger partial charge in [0.15, 0.2) is 5.66 Å². The van der Waals surface area contributed by atoms with E-state index in [2.05, 4.69) is 47.7 Å². The fourth-order valence-electron chi connectivity index (χ4n) is 3.67. The summed E-state index contributed by atoms with van der Waals surface area (Å²) in [5.41, 5.74) is -0.315. The molecule has 1 aliphatic rings. The van der Waals surface area contributed by atoms with Gasteiger partial charge < -0.3 is 25.8 Å². The van der Waals surface area contributed by atoms with Gasteiger partial charge >= 0.3 is 6.09 Å². The highest BCUT2D eigenvalue weighted by Gasteiger charge is 2.35. The molecule has 16 heteroatoms. The highest BCUT2D eigenvalue weighted by Crippen LogP contribution is 2.32. The van der Waals surface area contributed by atoms with Crippen LogP contribution in [0.2, 0.25) is 0 Å². The number of imide groups is 1. The van der Waals surface area contributed by atoms with Gasteiger partial charge in [-0.05, 0) is 56.7 Å². The number of aromatic nitrogens is 1. The van der Waals surface area contributed by atoms with Crippen LogP contribution in [0.5, 0.6) is 0 Å². The van der Waals surface area contributed by atoms with Crippen LogP contribution in [0.25, 0.3) is 0 Å². The molecular formula is C27H32N8O7S. The first-order valence-corrected chi connectivity index (χ1v) is 14.1. The molecule has 3 heterocycles. The van der Waals surface area contributed by atoms with E-state index in [-0.39, 0.29) is 53.8 Å². The lowest BCUT2D eigenvalue weighted by atomic mass is 10.0. The second kappa shape index (κ2) is 15.5. The number of terminal acetylenes is 1. The molecular weight excluding hydrogens is 580 g/mol. The lowest BCUT2D eigenvalue weighted by Crippen LogP contribution is -2.49. The molecule has 15 nitrogen and oxygen atoms in total. The molecule has 1 aliphatic heterocycles. The lowest BCUT2D eigenvalue weighted by molar-refractivity contribution is -0.124. The largest absolute Gasteiger partial charge is 0.450 e. The predicted octanol–water partition coefficient (Wildman–Crippen LogP) is 1.99. The minimum Gasteiger partial charge on any atom is -0.450 e. The zero-order chi connectivity index (χ0) is 31.4. The Morgan fingerprint density at radius 3 is 2.60 bits per heavy atom. The van der Waals surface area contributed by atoms with Crippen LogP contribution >= 0.6 is 11.3 Å². The van der Waals surface area contributed by atoms with E-state index in [1.54, 1.807) is 12.3 Å². The van der Waals surface area contributed by atoms with Crippen molar-refractivity contribution in [3.8, 4) is 12.3 Å². The Morgan fingerprint density at radius 1 is 1.14 bits per heavy atom. The number of nitrogens with one attached hydrogen (secondary N) is 5. The minimum absolute atomic E-state index is 0.0219. The molecule has 43 heavy (non-hydrogen) atoms. The van der Waals surface area contributed by atoms with Gasteiger partial charge in [0.1, 0.15) is 17.0 Å². The van der Waals surface area contributed by atoms with E-state index in [0.717, 1.165) is 11.3 Å². The third-order valence-electron chi connectivity index (χ3n) is 5.99. The van der Waals surface area contributed by atoms with Crippen molar-refractivity contribution in [1.29, 1.82) is 0 Å². The molecule has 0 radical (unpaired) electrons. The van der Waals surface area contributed by atoms with Gasteiger partial charge in [0, 0.05) is 18.2 Å². The Labute approximate surface area is 251 Å². The van der Waals surface area contributed by atoms with Crippen LogP contribution in [0.1, 0.15) is 60.2 Å². The first-order valence-electron chi connectivity index (χ1n) is 13.3. The van der Waals surface area contributed by atoms with Gasteiger partial charge in [0.25, 0.3) is 11.8 Å². The fourth-order valence-corrected chi connectivity index (χ4v) is 4.45. The van der Waals surface area contributed by atoms with E-state index < -0.39 is 41.7 Å². The number of pyridine rings is 1. The number of amides is 5. The molecule has 3 rings (SSSR count). The lowest BCUT2D eigenvalue weighted by Gasteiger charge is -2.22. The van der Waals surface area contributed by atoms with E-state index >= 15 is 0 Å². The third-order valence-corrected chi connectivity index (χ3v) is 6.82. The number of aliphatic hydroxyl groups excluding tert-OH is 1. The van der Waals surface area contributed by atoms with Gasteiger partial charge in [-0.25, -0.2) is 9.78 Å². The summed E-state index contributed by atoms with van der Waals surface area (Å²) >= 11 is 1.08. The van der Waals surface area contributed by atoms with Crippen molar-refractivity contribution in [2.45, 2.75) is 57.5 Å².